The molecule has 7 heteroatoms. The summed E-state index contributed by atoms with van der Waals surface area (Å²) in [5.74, 6) is -0.688. The molecule has 114 valence electrons. The Morgan fingerprint density at radius 3 is 2.45 bits per heavy atom. The number of piperidine rings is 1. The third kappa shape index (κ3) is 2.83. The molecule has 0 spiro atoms. The highest BCUT2D eigenvalue weighted by Crippen LogP contribution is 2.20. The molecular weight excluding hydrogens is 284 g/mol. The lowest BCUT2D eigenvalue weighted by Crippen LogP contribution is -2.38. The van der Waals surface area contributed by atoms with Crippen molar-refractivity contribution in [1.82, 2.24) is 15.2 Å². The van der Waals surface area contributed by atoms with Crippen LogP contribution in [0, 0.1) is 5.92 Å². The Hall–Kier alpha value is -2.70. The molecule has 2 aromatic rings. The quantitative estimate of drug-likeness (QED) is 0.881. The van der Waals surface area contributed by atoms with E-state index in [2.05, 4.69) is 15.2 Å². The number of rotatable bonds is 3. The molecular formula is C15H16N4O3. The molecule has 1 fully saturated rings. The number of aromatic amines is 1. The predicted octanol–water partition coefficient (Wildman–Crippen LogP) is 1.13. The fourth-order valence-corrected chi connectivity index (χ4v) is 2.59. The van der Waals surface area contributed by atoms with E-state index >= 15 is 0 Å². The molecule has 0 radical (unpaired) electrons. The van der Waals surface area contributed by atoms with E-state index in [-0.39, 0.29) is 17.2 Å². The average Bonchev–Trinajstić information content (AvgIpc) is 2.55. The molecule has 0 atom stereocenters. The van der Waals surface area contributed by atoms with Crippen LogP contribution < -0.4 is 10.5 Å². The summed E-state index contributed by atoms with van der Waals surface area (Å²) in [5, 5.41) is 17.1. The van der Waals surface area contributed by atoms with Gasteiger partial charge in [-0.25, -0.2) is 0 Å². The van der Waals surface area contributed by atoms with Crippen molar-refractivity contribution in [1.29, 1.82) is 0 Å². The molecule has 3 rings (SSSR count). The number of anilines is 1. The van der Waals surface area contributed by atoms with Crippen molar-refractivity contribution in [2.24, 2.45) is 5.92 Å². The molecule has 2 N–H and O–H groups in total. The SMILES string of the molecule is O=C(O)C1CCN(c2nnc(-c3ccccc3)c(=O)[nH]2)CC1. The maximum absolute atomic E-state index is 12.2. The van der Waals surface area contributed by atoms with Crippen LogP contribution in [0.1, 0.15) is 12.8 Å². The van der Waals surface area contributed by atoms with Gasteiger partial charge in [0.05, 0.1) is 5.92 Å². The van der Waals surface area contributed by atoms with Crippen molar-refractivity contribution in [2.75, 3.05) is 18.0 Å². The summed E-state index contributed by atoms with van der Waals surface area (Å²) in [6.45, 7) is 1.10. The van der Waals surface area contributed by atoms with E-state index < -0.39 is 5.97 Å². The normalized spacial score (nSPS) is 15.7. The first-order chi connectivity index (χ1) is 10.6. The van der Waals surface area contributed by atoms with Crippen LogP contribution >= 0.6 is 0 Å². The number of nitrogens with one attached hydrogen (secondary N) is 1. The van der Waals surface area contributed by atoms with E-state index in [9.17, 15) is 9.59 Å². The predicted molar refractivity (Wildman–Crippen MR) is 80.7 cm³/mol. The minimum absolute atomic E-state index is 0.282. The number of carboxylic acids is 1. The van der Waals surface area contributed by atoms with Gasteiger partial charge in [-0.1, -0.05) is 30.3 Å². The van der Waals surface area contributed by atoms with Gasteiger partial charge in [0.1, 0.15) is 0 Å². The molecule has 0 bridgehead atoms. The first kappa shape index (κ1) is 14.2. The van der Waals surface area contributed by atoms with Gasteiger partial charge in [-0.05, 0) is 12.8 Å². The van der Waals surface area contributed by atoms with Gasteiger partial charge in [0.15, 0.2) is 5.69 Å². The Morgan fingerprint density at radius 2 is 1.86 bits per heavy atom. The van der Waals surface area contributed by atoms with Crippen LogP contribution in [0.4, 0.5) is 5.95 Å². The van der Waals surface area contributed by atoms with Gasteiger partial charge in [0.2, 0.25) is 5.95 Å². The molecule has 0 unspecified atom stereocenters. The minimum Gasteiger partial charge on any atom is -0.481 e. The maximum Gasteiger partial charge on any atom is 0.306 e. The van der Waals surface area contributed by atoms with E-state index in [1.807, 2.05) is 23.1 Å². The van der Waals surface area contributed by atoms with Crippen molar-refractivity contribution in [2.45, 2.75) is 12.8 Å². The van der Waals surface area contributed by atoms with Crippen LogP contribution in [0.15, 0.2) is 35.1 Å². The molecule has 7 nitrogen and oxygen atoms in total. The molecule has 0 aliphatic carbocycles. The first-order valence-corrected chi connectivity index (χ1v) is 7.15. The summed E-state index contributed by atoms with van der Waals surface area (Å²) in [6.07, 6.45) is 1.08. The summed E-state index contributed by atoms with van der Waals surface area (Å²) >= 11 is 0. The summed E-state index contributed by atoms with van der Waals surface area (Å²) in [5.41, 5.74) is 0.703. The fourth-order valence-electron chi connectivity index (χ4n) is 2.59. The number of hydrogen-bond donors (Lipinski definition) is 2. The summed E-state index contributed by atoms with van der Waals surface area (Å²) < 4.78 is 0. The van der Waals surface area contributed by atoms with E-state index in [0.717, 1.165) is 0 Å². The number of benzene rings is 1. The van der Waals surface area contributed by atoms with Crippen LogP contribution in [0.2, 0.25) is 0 Å². The van der Waals surface area contributed by atoms with Crippen LogP contribution in [-0.2, 0) is 4.79 Å². The lowest BCUT2D eigenvalue weighted by molar-refractivity contribution is -0.142. The van der Waals surface area contributed by atoms with Crippen LogP contribution in [0.5, 0.6) is 0 Å². The van der Waals surface area contributed by atoms with Gasteiger partial charge in [-0.2, -0.15) is 0 Å². The third-order valence-electron chi connectivity index (χ3n) is 3.88. The number of aliphatic carboxylic acids is 1. The average molecular weight is 300 g/mol. The van der Waals surface area contributed by atoms with Crippen molar-refractivity contribution < 1.29 is 9.90 Å². The van der Waals surface area contributed by atoms with Crippen molar-refractivity contribution >= 4 is 11.9 Å². The van der Waals surface area contributed by atoms with Crippen molar-refractivity contribution in [3.8, 4) is 11.3 Å². The minimum atomic E-state index is -0.765. The molecule has 1 saturated heterocycles. The second kappa shape index (κ2) is 5.97. The zero-order valence-corrected chi connectivity index (χ0v) is 11.9. The summed E-state index contributed by atoms with van der Waals surface area (Å²) in [6, 6.07) is 9.14. The molecule has 22 heavy (non-hydrogen) atoms. The Kier molecular flexibility index (Phi) is 3.86. The Bertz CT molecular complexity index is 721. The van der Waals surface area contributed by atoms with Gasteiger partial charge < -0.3 is 10.0 Å². The maximum atomic E-state index is 12.2. The van der Waals surface area contributed by atoms with Crippen LogP contribution in [0.3, 0.4) is 0 Å². The lowest BCUT2D eigenvalue weighted by Gasteiger charge is -2.29. The number of nitrogens with zero attached hydrogens (tertiary/aromatic N) is 3. The summed E-state index contributed by atoms with van der Waals surface area (Å²) in [7, 11) is 0. The van der Waals surface area contributed by atoms with E-state index in [1.165, 1.54) is 0 Å². The number of hydrogen-bond acceptors (Lipinski definition) is 5. The van der Waals surface area contributed by atoms with Gasteiger partial charge in [-0.3, -0.25) is 14.6 Å². The smallest absolute Gasteiger partial charge is 0.306 e. The number of carbonyl (C=O) groups is 1. The van der Waals surface area contributed by atoms with Crippen LogP contribution in [-0.4, -0.2) is 39.3 Å². The molecule has 0 saturated carbocycles. The lowest BCUT2D eigenvalue weighted by atomic mass is 9.97. The fraction of sp³-hybridized carbons (Fsp3) is 0.333. The Labute approximate surface area is 126 Å². The first-order valence-electron chi connectivity index (χ1n) is 7.15. The number of carboxylic acid groups (broad SMARTS) is 1. The zero-order valence-electron chi connectivity index (χ0n) is 11.9. The highest BCUT2D eigenvalue weighted by Gasteiger charge is 2.25. The highest BCUT2D eigenvalue weighted by atomic mass is 16.4. The molecule has 1 aliphatic rings. The van der Waals surface area contributed by atoms with Gasteiger partial charge in [-0.15, -0.1) is 10.2 Å². The van der Waals surface area contributed by atoms with Crippen LogP contribution in [0.25, 0.3) is 11.3 Å². The number of H-pyrrole nitrogens is 1. The Morgan fingerprint density at radius 1 is 1.18 bits per heavy atom. The second-order valence-corrected chi connectivity index (χ2v) is 5.29. The standard InChI is InChI=1S/C15H16N4O3/c20-13-12(10-4-2-1-3-5-10)17-18-15(16-13)19-8-6-11(7-9-19)14(21)22/h1-5,11H,6-9H2,(H,21,22)(H,16,18,20). The Balaban J connectivity index is 1.79. The van der Waals surface area contributed by atoms with Gasteiger partial charge >= 0.3 is 5.97 Å². The second-order valence-electron chi connectivity index (χ2n) is 5.29. The topological polar surface area (TPSA) is 99.2 Å². The van der Waals surface area contributed by atoms with Crippen molar-refractivity contribution in [3.05, 3.63) is 40.7 Å². The van der Waals surface area contributed by atoms with Gasteiger partial charge in [0, 0.05) is 18.7 Å². The largest absolute Gasteiger partial charge is 0.481 e. The third-order valence-corrected chi connectivity index (χ3v) is 3.88. The summed E-state index contributed by atoms with van der Waals surface area (Å²) in [4.78, 5) is 27.7. The van der Waals surface area contributed by atoms with E-state index in [4.69, 9.17) is 5.11 Å². The number of aromatic nitrogens is 3. The highest BCUT2D eigenvalue weighted by molar-refractivity contribution is 5.70. The zero-order chi connectivity index (χ0) is 15.5. The molecule has 0 amide bonds. The monoisotopic (exact) mass is 300 g/mol. The van der Waals surface area contributed by atoms with Gasteiger partial charge in [0.25, 0.3) is 5.56 Å². The van der Waals surface area contributed by atoms with Crippen molar-refractivity contribution in [3.63, 3.8) is 0 Å². The molecule has 1 aromatic carbocycles. The van der Waals surface area contributed by atoms with E-state index in [1.54, 1.807) is 12.1 Å². The molecule has 2 heterocycles. The molecule has 1 aliphatic heterocycles. The molecule has 1 aromatic heterocycles. The van der Waals surface area contributed by atoms with E-state index in [0.29, 0.717) is 37.4 Å².